The predicted molar refractivity (Wildman–Crippen MR) is 101 cm³/mol. The van der Waals surface area contributed by atoms with Crippen LogP contribution in [0.15, 0.2) is 54.6 Å². The van der Waals surface area contributed by atoms with Crippen LogP contribution in [0.1, 0.15) is 30.6 Å². The molecule has 0 bridgehead atoms. The quantitative estimate of drug-likeness (QED) is 0.688. The third-order valence-corrected chi connectivity index (χ3v) is 4.06. The Morgan fingerprint density at radius 2 is 1.62 bits per heavy atom. The Bertz CT molecular complexity index is 624. The van der Waals surface area contributed by atoms with Gasteiger partial charge in [0.1, 0.15) is 0 Å². The first kappa shape index (κ1) is 18.0. The second kappa shape index (κ2) is 9.73. The monoisotopic (exact) mass is 325 g/mol. The molecule has 0 fully saturated rings. The van der Waals surface area contributed by atoms with E-state index < -0.39 is 0 Å². The van der Waals surface area contributed by atoms with Crippen molar-refractivity contribution in [3.05, 3.63) is 60.2 Å². The molecule has 0 unspecified atom stereocenters. The number of hydrogen-bond donors (Lipinski definition) is 2. The normalized spacial score (nSPS) is 10.6. The van der Waals surface area contributed by atoms with Crippen molar-refractivity contribution in [2.45, 2.75) is 20.3 Å². The van der Waals surface area contributed by atoms with Crippen LogP contribution in [0.5, 0.6) is 0 Å². The first-order valence-electron chi connectivity index (χ1n) is 8.66. The Morgan fingerprint density at radius 3 is 2.33 bits per heavy atom. The van der Waals surface area contributed by atoms with Gasteiger partial charge in [-0.2, -0.15) is 0 Å². The second-order valence-electron chi connectivity index (χ2n) is 5.67. The number of nitrogens with one attached hydrogen (secondary N) is 2. The molecule has 2 aromatic rings. The van der Waals surface area contributed by atoms with Crippen LogP contribution < -0.4 is 10.6 Å². The van der Waals surface area contributed by atoms with Crippen molar-refractivity contribution in [2.75, 3.05) is 31.5 Å². The van der Waals surface area contributed by atoms with Crippen LogP contribution in [0.2, 0.25) is 0 Å². The van der Waals surface area contributed by atoms with Gasteiger partial charge in [0.2, 0.25) is 0 Å². The number of anilines is 2. The van der Waals surface area contributed by atoms with E-state index in [4.69, 9.17) is 0 Å². The summed E-state index contributed by atoms with van der Waals surface area (Å²) in [5, 5.41) is 6.33. The second-order valence-corrected chi connectivity index (χ2v) is 5.67. The molecule has 2 aromatic carbocycles. The highest BCUT2D eigenvalue weighted by Crippen LogP contribution is 2.20. The van der Waals surface area contributed by atoms with E-state index in [1.807, 2.05) is 54.6 Å². The molecule has 0 heterocycles. The number of nitrogens with zero attached hydrogens (tertiary/aromatic N) is 1. The van der Waals surface area contributed by atoms with Crippen LogP contribution in [0, 0.1) is 0 Å². The zero-order valence-electron chi connectivity index (χ0n) is 14.6. The zero-order valence-corrected chi connectivity index (χ0v) is 14.6. The summed E-state index contributed by atoms with van der Waals surface area (Å²) in [7, 11) is 0. The van der Waals surface area contributed by atoms with Gasteiger partial charge < -0.3 is 15.5 Å². The highest BCUT2D eigenvalue weighted by atomic mass is 16.1. The molecule has 0 spiro atoms. The van der Waals surface area contributed by atoms with Crippen LogP contribution in [0.25, 0.3) is 0 Å². The molecular weight excluding hydrogens is 298 g/mol. The molecule has 0 aromatic heterocycles. The predicted octanol–water partition coefficient (Wildman–Crippen LogP) is 3.89. The first-order valence-corrected chi connectivity index (χ1v) is 8.66. The SMILES string of the molecule is CCN(CC)CCCNC(=O)c1ccccc1Nc1ccccc1. The molecule has 4 heteroatoms. The minimum atomic E-state index is -0.0337. The van der Waals surface area contributed by atoms with Crippen LogP contribution >= 0.6 is 0 Å². The van der Waals surface area contributed by atoms with Gasteiger partial charge in [0.05, 0.1) is 11.3 Å². The van der Waals surface area contributed by atoms with E-state index >= 15 is 0 Å². The molecule has 0 saturated carbocycles. The van der Waals surface area contributed by atoms with Gasteiger partial charge in [-0.1, -0.05) is 44.2 Å². The molecule has 128 valence electrons. The molecule has 2 rings (SSSR count). The summed E-state index contributed by atoms with van der Waals surface area (Å²) in [6, 6.07) is 17.5. The van der Waals surface area contributed by atoms with Gasteiger partial charge in [0, 0.05) is 12.2 Å². The topological polar surface area (TPSA) is 44.4 Å². The number of amides is 1. The Balaban J connectivity index is 1.92. The lowest BCUT2D eigenvalue weighted by atomic mass is 10.1. The Kier molecular flexibility index (Phi) is 7.30. The number of rotatable bonds is 9. The van der Waals surface area contributed by atoms with Crippen molar-refractivity contribution >= 4 is 17.3 Å². The maximum atomic E-state index is 12.5. The maximum absolute atomic E-state index is 12.5. The fourth-order valence-electron chi connectivity index (χ4n) is 2.61. The van der Waals surface area contributed by atoms with E-state index in [9.17, 15) is 4.79 Å². The zero-order chi connectivity index (χ0) is 17.2. The molecule has 24 heavy (non-hydrogen) atoms. The van der Waals surface area contributed by atoms with Crippen molar-refractivity contribution in [1.82, 2.24) is 10.2 Å². The molecule has 0 radical (unpaired) electrons. The fraction of sp³-hybridized carbons (Fsp3) is 0.350. The molecule has 0 aliphatic heterocycles. The van der Waals surface area contributed by atoms with Gasteiger partial charge in [-0.15, -0.1) is 0 Å². The van der Waals surface area contributed by atoms with Crippen LogP contribution in [0.4, 0.5) is 11.4 Å². The van der Waals surface area contributed by atoms with Gasteiger partial charge in [-0.3, -0.25) is 4.79 Å². The molecule has 0 aliphatic carbocycles. The lowest BCUT2D eigenvalue weighted by Crippen LogP contribution is -2.30. The van der Waals surface area contributed by atoms with Gasteiger partial charge in [-0.05, 0) is 50.3 Å². The standard InChI is InChI=1S/C20H27N3O/c1-3-23(4-2)16-10-15-21-20(24)18-13-8-9-14-19(18)22-17-11-6-5-7-12-17/h5-9,11-14,22H,3-4,10,15-16H2,1-2H3,(H,21,24). The molecule has 4 nitrogen and oxygen atoms in total. The largest absolute Gasteiger partial charge is 0.355 e. The lowest BCUT2D eigenvalue weighted by Gasteiger charge is -2.18. The van der Waals surface area contributed by atoms with Crippen molar-refractivity contribution in [3.63, 3.8) is 0 Å². The maximum Gasteiger partial charge on any atom is 0.253 e. The summed E-state index contributed by atoms with van der Waals surface area (Å²) in [4.78, 5) is 14.8. The van der Waals surface area contributed by atoms with E-state index in [0.29, 0.717) is 12.1 Å². The van der Waals surface area contributed by atoms with Crippen LogP contribution in [-0.4, -0.2) is 37.0 Å². The van der Waals surface area contributed by atoms with E-state index in [1.54, 1.807) is 0 Å². The molecule has 0 atom stereocenters. The average molecular weight is 325 g/mol. The fourth-order valence-corrected chi connectivity index (χ4v) is 2.61. The summed E-state index contributed by atoms with van der Waals surface area (Å²) >= 11 is 0. The van der Waals surface area contributed by atoms with Crippen molar-refractivity contribution in [1.29, 1.82) is 0 Å². The summed E-state index contributed by atoms with van der Waals surface area (Å²) < 4.78 is 0. The minimum Gasteiger partial charge on any atom is -0.355 e. The van der Waals surface area contributed by atoms with Gasteiger partial charge >= 0.3 is 0 Å². The number of hydrogen-bond acceptors (Lipinski definition) is 3. The van der Waals surface area contributed by atoms with E-state index in [0.717, 1.165) is 37.4 Å². The van der Waals surface area contributed by atoms with Crippen molar-refractivity contribution in [2.24, 2.45) is 0 Å². The van der Waals surface area contributed by atoms with Crippen molar-refractivity contribution in [3.8, 4) is 0 Å². The van der Waals surface area contributed by atoms with Crippen molar-refractivity contribution < 1.29 is 4.79 Å². The molecule has 2 N–H and O–H groups in total. The molecular formula is C20H27N3O. The molecule has 0 aliphatic rings. The van der Waals surface area contributed by atoms with E-state index in [-0.39, 0.29) is 5.91 Å². The van der Waals surface area contributed by atoms with E-state index in [1.165, 1.54) is 0 Å². The summed E-state index contributed by atoms with van der Waals surface area (Å²) in [6.45, 7) is 8.12. The summed E-state index contributed by atoms with van der Waals surface area (Å²) in [5.74, 6) is -0.0337. The average Bonchev–Trinajstić information content (AvgIpc) is 2.63. The Labute approximate surface area is 144 Å². The Hall–Kier alpha value is -2.33. The first-order chi connectivity index (χ1) is 11.7. The molecule has 0 saturated heterocycles. The lowest BCUT2D eigenvalue weighted by molar-refractivity contribution is 0.0952. The third kappa shape index (κ3) is 5.39. The number of carbonyl (C=O) groups is 1. The number of benzene rings is 2. The van der Waals surface area contributed by atoms with E-state index in [2.05, 4.69) is 29.4 Å². The summed E-state index contributed by atoms with van der Waals surface area (Å²) in [6.07, 6.45) is 0.960. The number of carbonyl (C=O) groups excluding carboxylic acids is 1. The van der Waals surface area contributed by atoms with Crippen LogP contribution in [0.3, 0.4) is 0 Å². The highest BCUT2D eigenvalue weighted by Gasteiger charge is 2.10. The van der Waals surface area contributed by atoms with Gasteiger partial charge in [0.15, 0.2) is 0 Å². The summed E-state index contributed by atoms with van der Waals surface area (Å²) in [5.41, 5.74) is 2.47. The molecule has 1 amide bonds. The highest BCUT2D eigenvalue weighted by molar-refractivity contribution is 6.00. The third-order valence-electron chi connectivity index (χ3n) is 4.06. The minimum absolute atomic E-state index is 0.0337. The van der Waals surface area contributed by atoms with Gasteiger partial charge in [-0.25, -0.2) is 0 Å². The number of para-hydroxylation sites is 2. The Morgan fingerprint density at radius 1 is 0.958 bits per heavy atom. The smallest absolute Gasteiger partial charge is 0.253 e. The van der Waals surface area contributed by atoms with Gasteiger partial charge in [0.25, 0.3) is 5.91 Å². The van der Waals surface area contributed by atoms with Crippen LogP contribution in [-0.2, 0) is 0 Å².